The van der Waals surface area contributed by atoms with Crippen molar-refractivity contribution in [1.29, 1.82) is 0 Å². The van der Waals surface area contributed by atoms with Crippen molar-refractivity contribution in [3.63, 3.8) is 0 Å². The summed E-state index contributed by atoms with van der Waals surface area (Å²) in [6, 6.07) is 0.533. The van der Waals surface area contributed by atoms with Crippen LogP contribution in [0, 0.1) is 0 Å². The molecule has 118 valence electrons. The number of aromatic nitrogens is 2. The molecule has 21 heavy (non-hydrogen) atoms. The number of likely N-dealkylation sites (tertiary alicyclic amines) is 1. The third-order valence-corrected chi connectivity index (χ3v) is 4.27. The number of nitrogens with zero attached hydrogens (tertiary/aromatic N) is 4. The average molecular weight is 291 g/mol. The molecule has 0 bridgehead atoms. The van der Waals surface area contributed by atoms with E-state index in [9.17, 15) is 0 Å². The van der Waals surface area contributed by atoms with Crippen molar-refractivity contribution >= 4 is 11.6 Å². The zero-order chi connectivity index (χ0) is 15.4. The normalized spacial score (nSPS) is 19.8. The van der Waals surface area contributed by atoms with Gasteiger partial charge in [-0.15, -0.1) is 0 Å². The van der Waals surface area contributed by atoms with Crippen LogP contribution < -0.4 is 10.2 Å². The van der Waals surface area contributed by atoms with Crippen LogP contribution in [-0.2, 0) is 0 Å². The minimum Gasteiger partial charge on any atom is -0.370 e. The van der Waals surface area contributed by atoms with Gasteiger partial charge in [0.25, 0.3) is 0 Å². The number of hydrogen-bond acceptors (Lipinski definition) is 5. The van der Waals surface area contributed by atoms with Crippen molar-refractivity contribution < 1.29 is 0 Å². The van der Waals surface area contributed by atoms with Gasteiger partial charge in [-0.3, -0.25) is 0 Å². The Kier molecular flexibility index (Phi) is 5.39. The van der Waals surface area contributed by atoms with Crippen LogP contribution in [0.25, 0.3) is 0 Å². The molecular weight excluding hydrogens is 262 g/mol. The molecule has 1 aliphatic rings. The van der Waals surface area contributed by atoms with Gasteiger partial charge in [0.05, 0.1) is 0 Å². The zero-order valence-electron chi connectivity index (χ0n) is 14.1. The summed E-state index contributed by atoms with van der Waals surface area (Å²) in [5.74, 6) is 2.46. The van der Waals surface area contributed by atoms with E-state index in [4.69, 9.17) is 0 Å². The molecule has 1 unspecified atom stereocenters. The van der Waals surface area contributed by atoms with E-state index in [0.29, 0.717) is 12.0 Å². The predicted octanol–water partition coefficient (Wildman–Crippen LogP) is 2.56. The SMILES string of the molecule is CCNc1ncnc(N(C)C2CCCN(C)C2)c1C(C)C. The molecular formula is C16H29N5. The number of nitrogens with one attached hydrogen (secondary N) is 1. The molecule has 1 N–H and O–H groups in total. The summed E-state index contributed by atoms with van der Waals surface area (Å²) in [4.78, 5) is 13.8. The molecule has 1 saturated heterocycles. The summed E-state index contributed by atoms with van der Waals surface area (Å²) in [6.07, 6.45) is 4.18. The van der Waals surface area contributed by atoms with Crippen molar-refractivity contribution in [2.45, 2.75) is 45.6 Å². The maximum Gasteiger partial charge on any atom is 0.137 e. The standard InChI is InChI=1S/C16H29N5/c1-6-17-15-14(12(2)3)16(19-11-18-15)21(5)13-8-7-9-20(4)10-13/h11-13H,6-10H2,1-5H3,(H,17,18,19). The highest BCUT2D eigenvalue weighted by Crippen LogP contribution is 2.32. The number of hydrogen-bond donors (Lipinski definition) is 1. The fourth-order valence-electron chi connectivity index (χ4n) is 3.14. The highest BCUT2D eigenvalue weighted by Gasteiger charge is 2.25. The highest BCUT2D eigenvalue weighted by molar-refractivity contribution is 5.60. The fourth-order valence-corrected chi connectivity index (χ4v) is 3.14. The molecule has 1 aromatic rings. The van der Waals surface area contributed by atoms with Crippen molar-refractivity contribution in [3.8, 4) is 0 Å². The molecule has 0 aliphatic carbocycles. The van der Waals surface area contributed by atoms with Gasteiger partial charge in [-0.2, -0.15) is 0 Å². The molecule has 0 amide bonds. The van der Waals surface area contributed by atoms with Crippen LogP contribution in [0.3, 0.4) is 0 Å². The average Bonchev–Trinajstić information content (AvgIpc) is 2.46. The van der Waals surface area contributed by atoms with Crippen LogP contribution in [0.5, 0.6) is 0 Å². The third-order valence-electron chi connectivity index (χ3n) is 4.27. The number of piperidine rings is 1. The summed E-state index contributed by atoms with van der Waals surface area (Å²) < 4.78 is 0. The van der Waals surface area contributed by atoms with Gasteiger partial charge in [-0.05, 0) is 39.3 Å². The maximum absolute atomic E-state index is 4.60. The molecule has 1 aliphatic heterocycles. The van der Waals surface area contributed by atoms with Gasteiger partial charge in [-0.25, -0.2) is 9.97 Å². The molecule has 0 spiro atoms. The smallest absolute Gasteiger partial charge is 0.137 e. The Morgan fingerprint density at radius 2 is 2.19 bits per heavy atom. The molecule has 2 heterocycles. The summed E-state index contributed by atoms with van der Waals surface area (Å²) in [5.41, 5.74) is 1.23. The second-order valence-corrected chi connectivity index (χ2v) is 6.31. The number of rotatable bonds is 5. The summed E-state index contributed by atoms with van der Waals surface area (Å²) in [6.45, 7) is 9.72. The first-order valence-corrected chi connectivity index (χ1v) is 8.04. The van der Waals surface area contributed by atoms with Gasteiger partial charge in [0.2, 0.25) is 0 Å². The first kappa shape index (κ1) is 16.0. The lowest BCUT2D eigenvalue weighted by molar-refractivity contribution is 0.247. The van der Waals surface area contributed by atoms with Crippen LogP contribution in [0.4, 0.5) is 11.6 Å². The van der Waals surface area contributed by atoms with Gasteiger partial charge in [0.15, 0.2) is 0 Å². The van der Waals surface area contributed by atoms with Crippen molar-refractivity contribution in [2.75, 3.05) is 43.9 Å². The van der Waals surface area contributed by atoms with E-state index in [0.717, 1.165) is 24.7 Å². The van der Waals surface area contributed by atoms with E-state index < -0.39 is 0 Å². The minimum atomic E-state index is 0.402. The topological polar surface area (TPSA) is 44.3 Å². The van der Waals surface area contributed by atoms with Gasteiger partial charge in [0, 0.05) is 31.7 Å². The van der Waals surface area contributed by atoms with Crippen molar-refractivity contribution in [1.82, 2.24) is 14.9 Å². The van der Waals surface area contributed by atoms with Crippen LogP contribution in [0.1, 0.15) is 45.1 Å². The van der Waals surface area contributed by atoms with E-state index in [1.807, 2.05) is 0 Å². The summed E-state index contributed by atoms with van der Waals surface area (Å²) >= 11 is 0. The van der Waals surface area contributed by atoms with Crippen LogP contribution in [-0.4, -0.2) is 54.6 Å². The van der Waals surface area contributed by atoms with E-state index >= 15 is 0 Å². The van der Waals surface area contributed by atoms with E-state index in [1.165, 1.54) is 24.9 Å². The Hall–Kier alpha value is -1.36. The fraction of sp³-hybridized carbons (Fsp3) is 0.750. The largest absolute Gasteiger partial charge is 0.370 e. The Morgan fingerprint density at radius 1 is 1.43 bits per heavy atom. The monoisotopic (exact) mass is 291 g/mol. The van der Waals surface area contributed by atoms with Gasteiger partial charge >= 0.3 is 0 Å². The van der Waals surface area contributed by atoms with Gasteiger partial charge in [0.1, 0.15) is 18.0 Å². The summed E-state index contributed by atoms with van der Waals surface area (Å²) in [7, 11) is 4.38. The Morgan fingerprint density at radius 3 is 2.81 bits per heavy atom. The molecule has 1 atom stereocenters. The molecule has 1 aromatic heterocycles. The van der Waals surface area contributed by atoms with Gasteiger partial charge in [-0.1, -0.05) is 13.8 Å². The minimum absolute atomic E-state index is 0.402. The van der Waals surface area contributed by atoms with Gasteiger partial charge < -0.3 is 15.1 Å². The summed E-state index contributed by atoms with van der Waals surface area (Å²) in [5, 5.41) is 3.38. The predicted molar refractivity (Wildman–Crippen MR) is 89.2 cm³/mol. The lowest BCUT2D eigenvalue weighted by Gasteiger charge is -2.37. The molecule has 5 heteroatoms. The Labute approximate surface area is 128 Å². The molecule has 0 radical (unpaired) electrons. The quantitative estimate of drug-likeness (QED) is 0.903. The first-order chi connectivity index (χ1) is 10.0. The maximum atomic E-state index is 4.60. The lowest BCUT2D eigenvalue weighted by Crippen LogP contribution is -2.45. The molecule has 2 rings (SSSR count). The van der Waals surface area contributed by atoms with E-state index in [1.54, 1.807) is 6.33 Å². The molecule has 0 saturated carbocycles. The lowest BCUT2D eigenvalue weighted by atomic mass is 10.0. The molecule has 0 aromatic carbocycles. The Bertz CT molecular complexity index is 460. The van der Waals surface area contributed by atoms with Crippen LogP contribution in [0.2, 0.25) is 0 Å². The van der Waals surface area contributed by atoms with Crippen LogP contribution in [0.15, 0.2) is 6.33 Å². The molecule has 5 nitrogen and oxygen atoms in total. The first-order valence-electron chi connectivity index (χ1n) is 8.04. The highest BCUT2D eigenvalue weighted by atomic mass is 15.2. The number of likely N-dealkylation sites (N-methyl/N-ethyl adjacent to an activating group) is 2. The number of anilines is 2. The van der Waals surface area contributed by atoms with Crippen molar-refractivity contribution in [2.24, 2.45) is 0 Å². The second kappa shape index (κ2) is 7.07. The third kappa shape index (κ3) is 3.64. The molecule has 1 fully saturated rings. The van der Waals surface area contributed by atoms with E-state index in [2.05, 4.69) is 60.0 Å². The van der Waals surface area contributed by atoms with Crippen LogP contribution >= 0.6 is 0 Å². The Balaban J connectivity index is 2.31. The van der Waals surface area contributed by atoms with Crippen molar-refractivity contribution in [3.05, 3.63) is 11.9 Å². The second-order valence-electron chi connectivity index (χ2n) is 6.31. The zero-order valence-corrected chi connectivity index (χ0v) is 14.1. The van der Waals surface area contributed by atoms with E-state index in [-0.39, 0.29) is 0 Å².